The minimum Gasteiger partial charge on any atom is -0.377 e. The highest BCUT2D eigenvalue weighted by molar-refractivity contribution is 4.95. The molecule has 0 aromatic carbocycles. The highest BCUT2D eigenvalue weighted by atomic mass is 16.5. The van der Waals surface area contributed by atoms with Crippen LogP contribution < -0.4 is 5.73 Å². The third-order valence-corrected chi connectivity index (χ3v) is 3.23. The Bertz CT molecular complexity index is 168. The van der Waals surface area contributed by atoms with Crippen LogP contribution >= 0.6 is 0 Å². The van der Waals surface area contributed by atoms with Gasteiger partial charge in [-0.25, -0.2) is 0 Å². The molecule has 2 rings (SSSR count). The van der Waals surface area contributed by atoms with Crippen molar-refractivity contribution in [2.75, 3.05) is 7.11 Å². The molecule has 0 aromatic rings. The SMILES string of the molecule is COC1C(N)CC1OC1CCCC1. The molecule has 0 aliphatic heterocycles. The first-order chi connectivity index (χ1) is 6.31. The molecule has 13 heavy (non-hydrogen) atoms. The zero-order chi connectivity index (χ0) is 9.26. The average molecular weight is 185 g/mol. The van der Waals surface area contributed by atoms with E-state index in [2.05, 4.69) is 0 Å². The summed E-state index contributed by atoms with van der Waals surface area (Å²) in [6.45, 7) is 0. The Kier molecular flexibility index (Phi) is 2.86. The van der Waals surface area contributed by atoms with Crippen LogP contribution in [0.2, 0.25) is 0 Å². The molecule has 0 aromatic heterocycles. The molecule has 3 nitrogen and oxygen atoms in total. The Morgan fingerprint density at radius 3 is 2.46 bits per heavy atom. The monoisotopic (exact) mass is 185 g/mol. The van der Waals surface area contributed by atoms with Crippen LogP contribution in [0.25, 0.3) is 0 Å². The first-order valence-electron chi connectivity index (χ1n) is 5.25. The Morgan fingerprint density at radius 1 is 1.23 bits per heavy atom. The van der Waals surface area contributed by atoms with Crippen LogP contribution in [0.3, 0.4) is 0 Å². The first-order valence-corrected chi connectivity index (χ1v) is 5.25. The minimum absolute atomic E-state index is 0.139. The van der Waals surface area contributed by atoms with E-state index in [0.29, 0.717) is 6.10 Å². The second-order valence-corrected chi connectivity index (χ2v) is 4.18. The van der Waals surface area contributed by atoms with Crippen LogP contribution in [-0.2, 0) is 9.47 Å². The molecule has 0 heterocycles. The largest absolute Gasteiger partial charge is 0.377 e. The summed E-state index contributed by atoms with van der Waals surface area (Å²) in [6, 6.07) is 0.191. The predicted molar refractivity (Wildman–Crippen MR) is 50.5 cm³/mol. The molecule has 0 bridgehead atoms. The third kappa shape index (κ3) is 1.87. The summed E-state index contributed by atoms with van der Waals surface area (Å²) in [5.41, 5.74) is 5.79. The van der Waals surface area contributed by atoms with Crippen molar-refractivity contribution in [1.29, 1.82) is 0 Å². The second-order valence-electron chi connectivity index (χ2n) is 4.18. The van der Waals surface area contributed by atoms with Gasteiger partial charge < -0.3 is 15.2 Å². The van der Waals surface area contributed by atoms with Gasteiger partial charge in [-0.2, -0.15) is 0 Å². The maximum atomic E-state index is 5.92. The Labute approximate surface area is 79.6 Å². The van der Waals surface area contributed by atoms with E-state index < -0.39 is 0 Å². The van der Waals surface area contributed by atoms with E-state index >= 15 is 0 Å². The highest BCUT2D eigenvalue weighted by Gasteiger charge is 2.41. The minimum atomic E-state index is 0.139. The van der Waals surface area contributed by atoms with Crippen LogP contribution in [-0.4, -0.2) is 31.5 Å². The molecular formula is C10H19NO2. The standard InChI is InChI=1S/C10H19NO2/c1-12-10-8(11)6-9(10)13-7-4-2-3-5-7/h7-10H,2-6,11H2,1H3. The lowest BCUT2D eigenvalue weighted by molar-refractivity contribution is -0.148. The molecule has 2 N–H and O–H groups in total. The van der Waals surface area contributed by atoms with Crippen LogP contribution in [0.4, 0.5) is 0 Å². The quantitative estimate of drug-likeness (QED) is 0.715. The number of hydrogen-bond acceptors (Lipinski definition) is 3. The number of methoxy groups -OCH3 is 1. The fraction of sp³-hybridized carbons (Fsp3) is 1.00. The smallest absolute Gasteiger partial charge is 0.0984 e. The third-order valence-electron chi connectivity index (χ3n) is 3.23. The van der Waals surface area contributed by atoms with E-state index in [4.69, 9.17) is 15.2 Å². The molecule has 3 atom stereocenters. The van der Waals surface area contributed by atoms with Crippen LogP contribution in [0.15, 0.2) is 0 Å². The van der Waals surface area contributed by atoms with Gasteiger partial charge in [-0.05, 0) is 19.3 Å². The van der Waals surface area contributed by atoms with Gasteiger partial charge >= 0.3 is 0 Å². The van der Waals surface area contributed by atoms with E-state index in [0.717, 1.165) is 6.42 Å². The fourth-order valence-electron chi connectivity index (χ4n) is 2.35. The maximum Gasteiger partial charge on any atom is 0.0984 e. The van der Waals surface area contributed by atoms with Crippen molar-refractivity contribution >= 4 is 0 Å². The lowest BCUT2D eigenvalue weighted by Crippen LogP contribution is -2.58. The van der Waals surface area contributed by atoms with Crippen molar-refractivity contribution in [3.63, 3.8) is 0 Å². The van der Waals surface area contributed by atoms with E-state index in [-0.39, 0.29) is 18.2 Å². The normalized spacial score (nSPS) is 40.6. The van der Waals surface area contributed by atoms with E-state index in [1.54, 1.807) is 7.11 Å². The van der Waals surface area contributed by atoms with Gasteiger partial charge in [0.15, 0.2) is 0 Å². The molecule has 2 aliphatic rings. The lowest BCUT2D eigenvalue weighted by Gasteiger charge is -2.42. The Morgan fingerprint density at radius 2 is 1.92 bits per heavy atom. The Balaban J connectivity index is 1.75. The topological polar surface area (TPSA) is 44.5 Å². The van der Waals surface area contributed by atoms with Gasteiger partial charge in [-0.3, -0.25) is 0 Å². The number of ether oxygens (including phenoxy) is 2. The van der Waals surface area contributed by atoms with Gasteiger partial charge in [0.05, 0.1) is 18.3 Å². The zero-order valence-corrected chi connectivity index (χ0v) is 8.24. The summed E-state index contributed by atoms with van der Waals surface area (Å²) >= 11 is 0. The predicted octanol–water partition coefficient (Wildman–Crippen LogP) is 1.06. The van der Waals surface area contributed by atoms with Gasteiger partial charge in [-0.1, -0.05) is 12.8 Å². The summed E-state index contributed by atoms with van der Waals surface area (Å²) in [7, 11) is 1.72. The van der Waals surface area contributed by atoms with Gasteiger partial charge in [0.2, 0.25) is 0 Å². The molecule has 3 unspecified atom stereocenters. The van der Waals surface area contributed by atoms with Crippen molar-refractivity contribution in [2.45, 2.75) is 56.5 Å². The molecular weight excluding hydrogens is 166 g/mol. The van der Waals surface area contributed by atoms with Crippen molar-refractivity contribution < 1.29 is 9.47 Å². The molecule has 0 spiro atoms. The summed E-state index contributed by atoms with van der Waals surface area (Å²) in [4.78, 5) is 0. The molecule has 76 valence electrons. The number of nitrogens with two attached hydrogens (primary N) is 1. The van der Waals surface area contributed by atoms with Crippen molar-refractivity contribution in [1.82, 2.24) is 0 Å². The maximum absolute atomic E-state index is 5.92. The number of hydrogen-bond donors (Lipinski definition) is 1. The van der Waals surface area contributed by atoms with Gasteiger partial charge in [0, 0.05) is 13.2 Å². The molecule has 2 aliphatic carbocycles. The van der Waals surface area contributed by atoms with Crippen molar-refractivity contribution in [2.24, 2.45) is 5.73 Å². The summed E-state index contributed by atoms with van der Waals surface area (Å²) < 4.78 is 11.2. The van der Waals surface area contributed by atoms with Gasteiger partial charge in [-0.15, -0.1) is 0 Å². The van der Waals surface area contributed by atoms with Crippen LogP contribution in [0, 0.1) is 0 Å². The van der Waals surface area contributed by atoms with Gasteiger partial charge in [0.1, 0.15) is 0 Å². The van der Waals surface area contributed by atoms with Crippen molar-refractivity contribution in [3.05, 3.63) is 0 Å². The van der Waals surface area contributed by atoms with Gasteiger partial charge in [0.25, 0.3) is 0 Å². The summed E-state index contributed by atoms with van der Waals surface area (Å²) in [6.07, 6.45) is 6.94. The molecule has 3 heteroatoms. The number of rotatable bonds is 3. The molecule has 2 fully saturated rings. The van der Waals surface area contributed by atoms with Crippen molar-refractivity contribution in [3.8, 4) is 0 Å². The Hall–Kier alpha value is -0.120. The average Bonchev–Trinajstić information content (AvgIpc) is 2.56. The lowest BCUT2D eigenvalue weighted by atomic mass is 9.86. The second kappa shape index (κ2) is 3.95. The molecule has 0 saturated heterocycles. The molecule has 2 saturated carbocycles. The van der Waals surface area contributed by atoms with Crippen LogP contribution in [0.5, 0.6) is 0 Å². The van der Waals surface area contributed by atoms with Crippen LogP contribution in [0.1, 0.15) is 32.1 Å². The van der Waals surface area contributed by atoms with E-state index in [1.807, 2.05) is 0 Å². The highest BCUT2D eigenvalue weighted by Crippen LogP contribution is 2.30. The molecule has 0 radical (unpaired) electrons. The van der Waals surface area contributed by atoms with E-state index in [9.17, 15) is 0 Å². The summed E-state index contributed by atoms with van der Waals surface area (Å²) in [5.74, 6) is 0. The first kappa shape index (κ1) is 9.44. The summed E-state index contributed by atoms with van der Waals surface area (Å²) in [5, 5.41) is 0. The molecule has 0 amide bonds. The zero-order valence-electron chi connectivity index (χ0n) is 8.24. The fourth-order valence-corrected chi connectivity index (χ4v) is 2.35. The van der Waals surface area contributed by atoms with E-state index in [1.165, 1.54) is 25.7 Å².